The quantitative estimate of drug-likeness (QED) is 0.271. The fourth-order valence-corrected chi connectivity index (χ4v) is 4.37. The summed E-state index contributed by atoms with van der Waals surface area (Å²) in [6.07, 6.45) is 4.61. The number of nitrogens with zero attached hydrogens (tertiary/aromatic N) is 2. The summed E-state index contributed by atoms with van der Waals surface area (Å²) in [5, 5.41) is 3.82. The number of halogens is 1. The van der Waals surface area contributed by atoms with Crippen LogP contribution in [-0.4, -0.2) is 46.2 Å². The molecule has 1 aliphatic carbocycles. The minimum Gasteiger partial charge on any atom is -0.418 e. The molecule has 0 bridgehead atoms. The normalized spacial score (nSPS) is 20.6. The standard InChI is InChI=1S/C20H20BrN3O6.Cu/c1-20(2)29-18(27)15(19(28)30-20)23-22-14-12(21)9-8-11-13(14)17(26)24(16(11)25)10-6-4-3-5-7-10;/h8-10,22H,3-7H2,1-2H3;/q;+2. The molecule has 3 aliphatic rings. The van der Waals surface area contributed by atoms with Gasteiger partial charge in [-0.2, -0.15) is 5.10 Å². The van der Waals surface area contributed by atoms with Crippen LogP contribution in [0.2, 0.25) is 0 Å². The molecular formula is C20H20BrCuN3O6+2. The van der Waals surface area contributed by atoms with E-state index >= 15 is 0 Å². The minimum absolute atomic E-state index is 0. The molecule has 1 aromatic rings. The summed E-state index contributed by atoms with van der Waals surface area (Å²) in [6, 6.07) is 3.05. The number of amides is 2. The van der Waals surface area contributed by atoms with Crippen LogP contribution in [-0.2, 0) is 36.1 Å². The number of benzene rings is 1. The maximum atomic E-state index is 13.2. The molecule has 0 atom stereocenters. The van der Waals surface area contributed by atoms with Gasteiger partial charge in [0.1, 0.15) is 0 Å². The first kappa shape index (κ1) is 23.4. The summed E-state index contributed by atoms with van der Waals surface area (Å²) in [5.41, 5.74) is 2.61. The summed E-state index contributed by atoms with van der Waals surface area (Å²) >= 11 is 3.34. The number of hydrogen-bond acceptors (Lipinski definition) is 8. The third-order valence-corrected chi connectivity index (χ3v) is 5.98. The van der Waals surface area contributed by atoms with Gasteiger partial charge in [-0.15, -0.1) is 0 Å². The van der Waals surface area contributed by atoms with Crippen LogP contribution in [0.15, 0.2) is 21.7 Å². The van der Waals surface area contributed by atoms with Crippen molar-refractivity contribution in [3.8, 4) is 0 Å². The van der Waals surface area contributed by atoms with E-state index in [-0.39, 0.29) is 45.8 Å². The zero-order valence-corrected chi connectivity index (χ0v) is 19.3. The fraction of sp³-hybridized carbons (Fsp3) is 0.450. The number of ether oxygens (including phenoxy) is 2. The molecule has 1 saturated heterocycles. The third kappa shape index (κ3) is 4.26. The van der Waals surface area contributed by atoms with Crippen LogP contribution in [0.3, 0.4) is 0 Å². The first-order valence-electron chi connectivity index (χ1n) is 9.70. The molecule has 4 rings (SSSR count). The summed E-state index contributed by atoms with van der Waals surface area (Å²) in [6.45, 7) is 2.86. The molecule has 0 aromatic heterocycles. The molecule has 0 spiro atoms. The van der Waals surface area contributed by atoms with E-state index in [4.69, 9.17) is 9.47 Å². The molecular weight excluding hydrogens is 522 g/mol. The largest absolute Gasteiger partial charge is 2.00 e. The van der Waals surface area contributed by atoms with Crippen molar-refractivity contribution in [1.82, 2.24) is 4.90 Å². The summed E-state index contributed by atoms with van der Waals surface area (Å²) in [4.78, 5) is 51.6. The molecule has 1 N–H and O–H groups in total. The zero-order valence-electron chi connectivity index (χ0n) is 16.8. The Kier molecular flexibility index (Phi) is 6.59. The van der Waals surface area contributed by atoms with Crippen molar-refractivity contribution in [2.24, 2.45) is 5.10 Å². The molecule has 1 saturated carbocycles. The van der Waals surface area contributed by atoms with Crippen molar-refractivity contribution in [1.29, 1.82) is 0 Å². The van der Waals surface area contributed by atoms with E-state index in [2.05, 4.69) is 26.5 Å². The molecule has 2 amide bonds. The summed E-state index contributed by atoms with van der Waals surface area (Å²) in [7, 11) is 0. The maximum absolute atomic E-state index is 13.2. The van der Waals surface area contributed by atoms with Crippen LogP contribution in [0, 0.1) is 0 Å². The molecule has 2 aliphatic heterocycles. The van der Waals surface area contributed by atoms with Crippen molar-refractivity contribution < 1.29 is 45.7 Å². The first-order chi connectivity index (χ1) is 14.2. The Morgan fingerprint density at radius 3 is 2.26 bits per heavy atom. The van der Waals surface area contributed by atoms with E-state index in [1.54, 1.807) is 12.1 Å². The molecule has 31 heavy (non-hydrogen) atoms. The molecule has 2 heterocycles. The van der Waals surface area contributed by atoms with Gasteiger partial charge in [0.25, 0.3) is 23.3 Å². The van der Waals surface area contributed by atoms with Crippen LogP contribution >= 0.6 is 15.9 Å². The first-order valence-corrected chi connectivity index (χ1v) is 10.5. The van der Waals surface area contributed by atoms with Crippen LogP contribution in [0.25, 0.3) is 0 Å². The van der Waals surface area contributed by atoms with Gasteiger partial charge in [-0.05, 0) is 40.9 Å². The summed E-state index contributed by atoms with van der Waals surface area (Å²) in [5.74, 6) is -4.04. The average Bonchev–Trinajstić information content (AvgIpc) is 2.92. The molecule has 1 radical (unpaired) electrons. The Morgan fingerprint density at radius 1 is 1.03 bits per heavy atom. The number of imide groups is 1. The average molecular weight is 542 g/mol. The molecule has 1 aromatic carbocycles. The van der Waals surface area contributed by atoms with E-state index in [0.717, 1.165) is 32.1 Å². The van der Waals surface area contributed by atoms with Crippen LogP contribution in [0.4, 0.5) is 5.69 Å². The van der Waals surface area contributed by atoms with Crippen molar-refractivity contribution in [2.75, 3.05) is 5.43 Å². The van der Waals surface area contributed by atoms with Gasteiger partial charge in [0.05, 0.1) is 16.8 Å². The van der Waals surface area contributed by atoms with E-state index in [0.29, 0.717) is 4.47 Å². The third-order valence-electron chi connectivity index (χ3n) is 5.32. The SMILES string of the molecule is CC1(C)OC(=O)C(=NNc2c(Br)ccc3c2C(=O)N(C2CCCCC2)C3=O)C(=O)O1.[Cu+2]. The smallest absolute Gasteiger partial charge is 0.418 e. The van der Waals surface area contributed by atoms with Crippen molar-refractivity contribution in [2.45, 2.75) is 57.8 Å². The van der Waals surface area contributed by atoms with Gasteiger partial charge in [0, 0.05) is 24.4 Å². The monoisotopic (exact) mass is 540 g/mol. The van der Waals surface area contributed by atoms with Gasteiger partial charge in [-0.1, -0.05) is 19.3 Å². The van der Waals surface area contributed by atoms with E-state index in [1.807, 2.05) is 0 Å². The van der Waals surface area contributed by atoms with E-state index < -0.39 is 29.3 Å². The number of hydrazone groups is 1. The molecule has 2 fully saturated rings. The molecule has 167 valence electrons. The van der Waals surface area contributed by atoms with Crippen molar-refractivity contribution in [3.05, 3.63) is 27.7 Å². The fourth-order valence-electron chi connectivity index (χ4n) is 3.95. The number of cyclic esters (lactones) is 2. The number of fused-ring (bicyclic) bond motifs is 1. The Labute approximate surface area is 197 Å². The predicted octanol–water partition coefficient (Wildman–Crippen LogP) is 2.98. The van der Waals surface area contributed by atoms with Crippen molar-refractivity contribution >= 4 is 51.1 Å². The predicted molar refractivity (Wildman–Crippen MR) is 109 cm³/mol. The maximum Gasteiger partial charge on any atom is 2.00 e. The summed E-state index contributed by atoms with van der Waals surface area (Å²) < 4.78 is 10.5. The Bertz CT molecular complexity index is 981. The van der Waals surface area contributed by atoms with Crippen LogP contribution in [0.1, 0.15) is 66.7 Å². The number of rotatable bonds is 3. The number of nitrogens with one attached hydrogen (secondary N) is 1. The van der Waals surface area contributed by atoms with Crippen LogP contribution in [0.5, 0.6) is 0 Å². The molecule has 11 heteroatoms. The van der Waals surface area contributed by atoms with E-state index in [1.165, 1.54) is 18.7 Å². The second kappa shape index (κ2) is 8.72. The second-order valence-electron chi connectivity index (χ2n) is 7.87. The number of esters is 2. The second-order valence-corrected chi connectivity index (χ2v) is 8.72. The van der Waals surface area contributed by atoms with Gasteiger partial charge >= 0.3 is 29.0 Å². The number of carbonyl (C=O) groups excluding carboxylic acids is 4. The number of carbonyl (C=O) groups is 4. The Balaban J connectivity index is 0.00000272. The van der Waals surface area contributed by atoms with Crippen LogP contribution < -0.4 is 5.43 Å². The van der Waals surface area contributed by atoms with Gasteiger partial charge in [-0.3, -0.25) is 19.9 Å². The van der Waals surface area contributed by atoms with Gasteiger partial charge in [0.2, 0.25) is 0 Å². The number of hydrogen-bond donors (Lipinski definition) is 1. The van der Waals surface area contributed by atoms with E-state index in [9.17, 15) is 19.2 Å². The molecule has 0 unspecified atom stereocenters. The molecule has 9 nitrogen and oxygen atoms in total. The minimum atomic E-state index is -1.38. The Morgan fingerprint density at radius 2 is 1.65 bits per heavy atom. The zero-order chi connectivity index (χ0) is 21.6. The van der Waals surface area contributed by atoms with Gasteiger partial charge in [-0.25, -0.2) is 9.59 Å². The number of anilines is 1. The Hall–Kier alpha value is -2.23. The van der Waals surface area contributed by atoms with Crippen molar-refractivity contribution in [3.63, 3.8) is 0 Å². The topological polar surface area (TPSA) is 114 Å². The van der Waals surface area contributed by atoms with Gasteiger partial charge < -0.3 is 9.47 Å². The van der Waals surface area contributed by atoms with Gasteiger partial charge in [0.15, 0.2) is 0 Å².